The Labute approximate surface area is 210 Å². The fourth-order valence-corrected chi connectivity index (χ4v) is 6.34. The lowest BCUT2D eigenvalue weighted by molar-refractivity contribution is 0.455. The molecular weight excluding hydrogens is 440 g/mol. The molecule has 8 rings (SSSR count). The molecule has 0 amide bonds. The highest BCUT2D eigenvalue weighted by atomic mass is 16.3. The zero-order chi connectivity index (χ0) is 24.1. The van der Waals surface area contributed by atoms with Gasteiger partial charge in [-0.3, -0.25) is 9.98 Å². The molecule has 0 saturated carbocycles. The fourth-order valence-electron chi connectivity index (χ4n) is 6.34. The van der Waals surface area contributed by atoms with Crippen molar-refractivity contribution >= 4 is 6.21 Å². The van der Waals surface area contributed by atoms with E-state index >= 15 is 0 Å². The molecule has 3 aliphatic carbocycles. The Morgan fingerprint density at radius 3 is 1.81 bits per heavy atom. The van der Waals surface area contributed by atoms with Gasteiger partial charge in [-0.05, 0) is 51.6 Å². The molecule has 0 spiro atoms. The summed E-state index contributed by atoms with van der Waals surface area (Å²) in [7, 11) is 0. The lowest BCUT2D eigenvalue weighted by atomic mass is 9.50. The van der Waals surface area contributed by atoms with Crippen molar-refractivity contribution in [1.82, 2.24) is 4.98 Å². The molecule has 0 fully saturated rings. The molecule has 0 radical (unpaired) electrons. The number of hydrogen-bond acceptors (Lipinski definition) is 3. The molecule has 5 aromatic rings. The van der Waals surface area contributed by atoms with Crippen LogP contribution in [0.2, 0.25) is 0 Å². The topological polar surface area (TPSA) is 45.5 Å². The second-order valence-electron chi connectivity index (χ2n) is 9.48. The first kappa shape index (κ1) is 20.8. The Balaban J connectivity index is 1.48. The van der Waals surface area contributed by atoms with Gasteiger partial charge in [0.05, 0.1) is 17.7 Å². The summed E-state index contributed by atoms with van der Waals surface area (Å²) in [5.74, 6) is 0.461. The minimum atomic E-state index is -0.604. The Morgan fingerprint density at radius 2 is 1.22 bits per heavy atom. The first-order valence-corrected chi connectivity index (χ1v) is 12.3. The van der Waals surface area contributed by atoms with Crippen LogP contribution in [-0.4, -0.2) is 16.3 Å². The van der Waals surface area contributed by atoms with Crippen molar-refractivity contribution in [3.63, 3.8) is 0 Å². The van der Waals surface area contributed by atoms with Crippen LogP contribution in [0, 0.1) is 0 Å². The van der Waals surface area contributed by atoms with Gasteiger partial charge in [0, 0.05) is 29.5 Å². The summed E-state index contributed by atoms with van der Waals surface area (Å²) in [5, 5.41) is 11.8. The van der Waals surface area contributed by atoms with Crippen LogP contribution in [0.25, 0.3) is 0 Å². The molecule has 3 nitrogen and oxygen atoms in total. The molecule has 36 heavy (non-hydrogen) atoms. The van der Waals surface area contributed by atoms with Crippen LogP contribution in [-0.2, 0) is 12.0 Å². The van der Waals surface area contributed by atoms with Crippen LogP contribution in [0.5, 0.6) is 5.75 Å². The van der Waals surface area contributed by atoms with Gasteiger partial charge >= 0.3 is 0 Å². The lowest BCUT2D eigenvalue weighted by Gasteiger charge is -2.51. The van der Waals surface area contributed by atoms with E-state index in [-0.39, 0.29) is 11.7 Å². The highest BCUT2D eigenvalue weighted by molar-refractivity contribution is 5.86. The first-order valence-electron chi connectivity index (χ1n) is 12.3. The molecule has 0 saturated heterocycles. The van der Waals surface area contributed by atoms with Gasteiger partial charge in [0.25, 0.3) is 0 Å². The number of nitrogens with zero attached hydrogens (tertiary/aromatic N) is 2. The molecule has 172 valence electrons. The van der Waals surface area contributed by atoms with E-state index in [1.807, 2.05) is 30.3 Å². The van der Waals surface area contributed by atoms with E-state index in [2.05, 4.69) is 88.8 Å². The molecule has 0 unspecified atom stereocenters. The first-order chi connectivity index (χ1) is 17.8. The molecule has 0 aliphatic heterocycles. The summed E-state index contributed by atoms with van der Waals surface area (Å²) in [6, 6.07) is 38.0. The number of aromatic hydroxyl groups is 1. The standard InChI is InChI=1S/C33H24N2O/c36-32-22(20-34-21-23-11-7-8-19-35-23)10-9-18-30(32)33-27-15-4-1-12-24(27)31(25-13-2-5-16-28(25)33)26-14-3-6-17-29(26)33/h1-20,31,36H,21H2. The van der Waals surface area contributed by atoms with Crippen LogP contribution in [0.15, 0.2) is 120 Å². The van der Waals surface area contributed by atoms with E-state index in [0.29, 0.717) is 12.1 Å². The highest BCUT2D eigenvalue weighted by Gasteiger charge is 2.53. The van der Waals surface area contributed by atoms with Crippen molar-refractivity contribution in [2.75, 3.05) is 0 Å². The van der Waals surface area contributed by atoms with Gasteiger partial charge in [0.15, 0.2) is 0 Å². The number of aliphatic imine (C=N–C) groups is 1. The Kier molecular flexibility index (Phi) is 4.65. The molecule has 1 heterocycles. The Hall–Kier alpha value is -4.50. The third-order valence-corrected chi connectivity index (χ3v) is 7.71. The molecule has 3 heteroatoms. The predicted octanol–water partition coefficient (Wildman–Crippen LogP) is 6.60. The number of pyridine rings is 1. The lowest BCUT2D eigenvalue weighted by Crippen LogP contribution is -2.43. The van der Waals surface area contributed by atoms with Crippen LogP contribution in [0.1, 0.15) is 56.1 Å². The van der Waals surface area contributed by atoms with E-state index in [1.54, 1.807) is 12.4 Å². The van der Waals surface area contributed by atoms with Gasteiger partial charge < -0.3 is 5.11 Å². The summed E-state index contributed by atoms with van der Waals surface area (Å²) in [4.78, 5) is 8.95. The second-order valence-corrected chi connectivity index (χ2v) is 9.48. The van der Waals surface area contributed by atoms with Gasteiger partial charge in [-0.2, -0.15) is 0 Å². The van der Waals surface area contributed by atoms with E-state index in [1.165, 1.54) is 33.4 Å². The molecule has 2 bridgehead atoms. The molecule has 3 aliphatic rings. The van der Waals surface area contributed by atoms with Crippen molar-refractivity contribution in [2.24, 2.45) is 4.99 Å². The van der Waals surface area contributed by atoms with Crippen LogP contribution >= 0.6 is 0 Å². The number of aromatic nitrogens is 1. The maximum absolute atomic E-state index is 11.8. The number of rotatable bonds is 4. The second kappa shape index (κ2) is 8.03. The van der Waals surface area contributed by atoms with Crippen molar-refractivity contribution in [1.29, 1.82) is 0 Å². The van der Waals surface area contributed by atoms with E-state index in [0.717, 1.165) is 11.3 Å². The average molecular weight is 465 g/mol. The summed E-state index contributed by atoms with van der Waals surface area (Å²) in [6.07, 6.45) is 3.54. The average Bonchev–Trinajstić information content (AvgIpc) is 2.94. The molecule has 0 atom stereocenters. The maximum atomic E-state index is 11.8. The SMILES string of the molecule is Oc1c(C=NCc2ccccn2)cccc1C12c3ccccc3C(c3ccccc31)c1ccccc12. The maximum Gasteiger partial charge on any atom is 0.129 e. The number of phenols is 1. The molecular formula is C33H24N2O. The van der Waals surface area contributed by atoms with Gasteiger partial charge in [-0.15, -0.1) is 0 Å². The van der Waals surface area contributed by atoms with Gasteiger partial charge in [-0.1, -0.05) is 91.0 Å². The molecule has 1 N–H and O–H groups in total. The molecule has 4 aromatic carbocycles. The minimum Gasteiger partial charge on any atom is -0.507 e. The molecule has 1 aromatic heterocycles. The van der Waals surface area contributed by atoms with Gasteiger partial charge in [-0.25, -0.2) is 0 Å². The number of para-hydroxylation sites is 1. The zero-order valence-electron chi connectivity index (χ0n) is 19.7. The predicted molar refractivity (Wildman–Crippen MR) is 143 cm³/mol. The number of benzene rings is 4. The zero-order valence-corrected chi connectivity index (χ0v) is 19.7. The van der Waals surface area contributed by atoms with Gasteiger partial charge in [0.1, 0.15) is 5.75 Å². The summed E-state index contributed by atoms with van der Waals surface area (Å²) in [6.45, 7) is 0.464. The summed E-state index contributed by atoms with van der Waals surface area (Å²) in [5.41, 5.74) is 9.53. The van der Waals surface area contributed by atoms with Crippen LogP contribution < -0.4 is 0 Å². The Morgan fingerprint density at radius 1 is 0.667 bits per heavy atom. The van der Waals surface area contributed by atoms with Crippen molar-refractivity contribution < 1.29 is 5.11 Å². The number of phenolic OH excluding ortho intramolecular Hbond substituents is 1. The quantitative estimate of drug-likeness (QED) is 0.299. The normalized spacial score (nSPS) is 19.1. The van der Waals surface area contributed by atoms with Crippen LogP contribution in [0.3, 0.4) is 0 Å². The van der Waals surface area contributed by atoms with Crippen LogP contribution in [0.4, 0.5) is 0 Å². The van der Waals surface area contributed by atoms with Crippen molar-refractivity contribution in [3.05, 3.63) is 166 Å². The monoisotopic (exact) mass is 464 g/mol. The van der Waals surface area contributed by atoms with Crippen molar-refractivity contribution in [3.8, 4) is 5.75 Å². The third-order valence-electron chi connectivity index (χ3n) is 7.71. The smallest absolute Gasteiger partial charge is 0.129 e. The van der Waals surface area contributed by atoms with Gasteiger partial charge in [0.2, 0.25) is 0 Å². The fraction of sp³-hybridized carbons (Fsp3) is 0.0909. The van der Waals surface area contributed by atoms with E-state index < -0.39 is 5.41 Å². The Bertz CT molecular complexity index is 1520. The summed E-state index contributed by atoms with van der Waals surface area (Å²) >= 11 is 0. The number of hydrogen-bond donors (Lipinski definition) is 1. The highest BCUT2D eigenvalue weighted by Crippen LogP contribution is 2.62. The minimum absolute atomic E-state index is 0.195. The van der Waals surface area contributed by atoms with E-state index in [4.69, 9.17) is 0 Å². The largest absolute Gasteiger partial charge is 0.507 e. The third kappa shape index (κ3) is 2.80. The van der Waals surface area contributed by atoms with Crippen molar-refractivity contribution in [2.45, 2.75) is 17.9 Å². The summed E-state index contributed by atoms with van der Waals surface area (Å²) < 4.78 is 0. The van der Waals surface area contributed by atoms with E-state index in [9.17, 15) is 5.11 Å².